The van der Waals surface area contributed by atoms with Crippen LogP contribution in [-0.4, -0.2) is 31.1 Å². The van der Waals surface area contributed by atoms with Crippen molar-refractivity contribution in [2.45, 2.75) is 19.3 Å². The summed E-state index contributed by atoms with van der Waals surface area (Å²) in [6.45, 7) is 0. The fourth-order valence-corrected chi connectivity index (χ4v) is 3.01. The molecule has 0 saturated heterocycles. The number of hydrogen-bond donors (Lipinski definition) is 2. The number of carbonyl (C=O) groups is 1. The van der Waals surface area contributed by atoms with Crippen molar-refractivity contribution in [1.82, 2.24) is 25.2 Å². The van der Waals surface area contributed by atoms with Gasteiger partial charge in [-0.15, -0.1) is 5.10 Å². The van der Waals surface area contributed by atoms with Crippen LogP contribution in [0, 0.1) is 0 Å². The van der Waals surface area contributed by atoms with E-state index in [0.29, 0.717) is 6.42 Å². The number of amides is 1. The minimum Gasteiger partial charge on any atom is -0.361 e. The quantitative estimate of drug-likeness (QED) is 0.561. The summed E-state index contributed by atoms with van der Waals surface area (Å²) in [5, 5.41) is 15.2. The first-order chi connectivity index (χ1) is 12.8. The van der Waals surface area contributed by atoms with E-state index in [4.69, 9.17) is 0 Å². The highest BCUT2D eigenvalue weighted by Gasteiger charge is 2.07. The van der Waals surface area contributed by atoms with Crippen molar-refractivity contribution >= 4 is 22.5 Å². The van der Waals surface area contributed by atoms with Gasteiger partial charge in [-0.2, -0.15) is 0 Å². The van der Waals surface area contributed by atoms with E-state index in [-0.39, 0.29) is 5.91 Å². The Bertz CT molecular complexity index is 1020. The first kappa shape index (κ1) is 16.0. The van der Waals surface area contributed by atoms with E-state index in [9.17, 15) is 4.79 Å². The van der Waals surface area contributed by atoms with Gasteiger partial charge in [0.25, 0.3) is 0 Å². The van der Waals surface area contributed by atoms with Crippen LogP contribution < -0.4 is 5.32 Å². The van der Waals surface area contributed by atoms with Crippen LogP contribution in [0.5, 0.6) is 0 Å². The molecule has 2 aromatic heterocycles. The molecule has 7 nitrogen and oxygen atoms in total. The number of nitrogens with zero attached hydrogens (tertiary/aromatic N) is 4. The molecule has 0 bridgehead atoms. The van der Waals surface area contributed by atoms with Crippen LogP contribution in [0.25, 0.3) is 16.6 Å². The standard InChI is InChI=1S/C19H18N6O/c26-19(10-3-5-14-12-20-18-9-2-1-8-17(14)18)22-15-6-4-7-16(11-15)25-13-21-23-24-25/h1-2,4,6-9,11-13,20H,3,5,10H2,(H,22,26). The van der Waals surface area contributed by atoms with Gasteiger partial charge in [0, 0.05) is 29.2 Å². The van der Waals surface area contributed by atoms with E-state index in [2.05, 4.69) is 38.0 Å². The Morgan fingerprint density at radius 1 is 1.15 bits per heavy atom. The van der Waals surface area contributed by atoms with E-state index in [1.807, 2.05) is 42.6 Å². The number of nitrogens with one attached hydrogen (secondary N) is 2. The topological polar surface area (TPSA) is 88.5 Å². The number of rotatable bonds is 6. The maximum absolute atomic E-state index is 12.2. The molecule has 0 radical (unpaired) electrons. The SMILES string of the molecule is O=C(CCCc1c[nH]c2ccccc12)Nc1cccc(-n2cnnn2)c1. The third-order valence-electron chi connectivity index (χ3n) is 4.27. The van der Waals surface area contributed by atoms with Gasteiger partial charge in [-0.05, 0) is 53.1 Å². The Labute approximate surface area is 150 Å². The first-order valence-electron chi connectivity index (χ1n) is 8.48. The zero-order valence-electron chi connectivity index (χ0n) is 14.1. The molecular formula is C19H18N6O. The van der Waals surface area contributed by atoms with E-state index in [0.717, 1.165) is 29.7 Å². The van der Waals surface area contributed by atoms with Gasteiger partial charge in [-0.3, -0.25) is 4.79 Å². The number of para-hydroxylation sites is 1. The molecule has 4 rings (SSSR count). The molecule has 0 spiro atoms. The number of carbonyl (C=O) groups excluding carboxylic acids is 1. The lowest BCUT2D eigenvalue weighted by Crippen LogP contribution is -2.11. The monoisotopic (exact) mass is 346 g/mol. The van der Waals surface area contributed by atoms with Gasteiger partial charge in [0.2, 0.25) is 5.91 Å². The van der Waals surface area contributed by atoms with E-state index in [1.165, 1.54) is 17.3 Å². The predicted molar refractivity (Wildman–Crippen MR) is 99.0 cm³/mol. The van der Waals surface area contributed by atoms with Crippen molar-refractivity contribution in [1.29, 1.82) is 0 Å². The molecule has 2 N–H and O–H groups in total. The zero-order chi connectivity index (χ0) is 17.8. The lowest BCUT2D eigenvalue weighted by molar-refractivity contribution is -0.116. The Kier molecular flexibility index (Phi) is 4.42. The number of aromatic nitrogens is 5. The predicted octanol–water partition coefficient (Wildman–Crippen LogP) is 3.11. The molecule has 130 valence electrons. The molecule has 0 aliphatic heterocycles. The molecule has 26 heavy (non-hydrogen) atoms. The highest BCUT2D eigenvalue weighted by Crippen LogP contribution is 2.20. The van der Waals surface area contributed by atoms with Crippen LogP contribution in [0.15, 0.2) is 61.1 Å². The molecule has 7 heteroatoms. The molecule has 0 unspecified atom stereocenters. The lowest BCUT2D eigenvalue weighted by atomic mass is 10.1. The van der Waals surface area contributed by atoms with Gasteiger partial charge in [-0.25, -0.2) is 4.68 Å². The number of tetrazole rings is 1. The molecular weight excluding hydrogens is 328 g/mol. The number of anilines is 1. The fourth-order valence-electron chi connectivity index (χ4n) is 3.01. The first-order valence-corrected chi connectivity index (χ1v) is 8.48. The molecule has 4 aromatic rings. The van der Waals surface area contributed by atoms with Gasteiger partial charge >= 0.3 is 0 Å². The van der Waals surface area contributed by atoms with Crippen molar-refractivity contribution in [2.24, 2.45) is 0 Å². The Balaban J connectivity index is 1.34. The summed E-state index contributed by atoms with van der Waals surface area (Å²) >= 11 is 0. The summed E-state index contributed by atoms with van der Waals surface area (Å²) in [4.78, 5) is 15.5. The second-order valence-corrected chi connectivity index (χ2v) is 6.07. The van der Waals surface area contributed by atoms with Crippen LogP contribution in [0.2, 0.25) is 0 Å². The van der Waals surface area contributed by atoms with Crippen molar-refractivity contribution < 1.29 is 4.79 Å². The van der Waals surface area contributed by atoms with Crippen molar-refractivity contribution in [3.05, 3.63) is 66.6 Å². The number of hydrogen-bond acceptors (Lipinski definition) is 4. The average molecular weight is 346 g/mol. The Hall–Kier alpha value is -3.48. The van der Waals surface area contributed by atoms with Gasteiger partial charge in [0.05, 0.1) is 5.69 Å². The normalized spacial score (nSPS) is 10.9. The summed E-state index contributed by atoms with van der Waals surface area (Å²) in [5.41, 5.74) is 3.90. The smallest absolute Gasteiger partial charge is 0.224 e. The molecule has 1 amide bonds. The highest BCUT2D eigenvalue weighted by atomic mass is 16.1. The summed E-state index contributed by atoms with van der Waals surface area (Å²) in [6, 6.07) is 15.6. The van der Waals surface area contributed by atoms with Crippen molar-refractivity contribution in [3.63, 3.8) is 0 Å². The third-order valence-corrected chi connectivity index (χ3v) is 4.27. The third kappa shape index (κ3) is 3.46. The molecule has 2 aromatic carbocycles. The van der Waals surface area contributed by atoms with Crippen LogP contribution in [0.3, 0.4) is 0 Å². The van der Waals surface area contributed by atoms with Crippen molar-refractivity contribution in [2.75, 3.05) is 5.32 Å². The van der Waals surface area contributed by atoms with Crippen LogP contribution >= 0.6 is 0 Å². The molecule has 2 heterocycles. The van der Waals surface area contributed by atoms with Crippen LogP contribution in [-0.2, 0) is 11.2 Å². The fraction of sp³-hybridized carbons (Fsp3) is 0.158. The summed E-state index contributed by atoms with van der Waals surface area (Å²) < 4.78 is 1.55. The molecule has 0 atom stereocenters. The number of fused-ring (bicyclic) bond motifs is 1. The highest BCUT2D eigenvalue weighted by molar-refractivity contribution is 5.91. The second-order valence-electron chi connectivity index (χ2n) is 6.07. The van der Waals surface area contributed by atoms with Gasteiger partial charge in [0.15, 0.2) is 0 Å². The minimum atomic E-state index is -0.00120. The zero-order valence-corrected chi connectivity index (χ0v) is 14.1. The summed E-state index contributed by atoms with van der Waals surface area (Å²) in [5.74, 6) is -0.00120. The Morgan fingerprint density at radius 3 is 2.96 bits per heavy atom. The van der Waals surface area contributed by atoms with Crippen molar-refractivity contribution in [3.8, 4) is 5.69 Å². The number of aryl methyl sites for hydroxylation is 1. The number of H-pyrrole nitrogens is 1. The largest absolute Gasteiger partial charge is 0.361 e. The summed E-state index contributed by atoms with van der Waals surface area (Å²) in [7, 11) is 0. The van der Waals surface area contributed by atoms with Gasteiger partial charge in [-0.1, -0.05) is 24.3 Å². The molecule has 0 aliphatic rings. The van der Waals surface area contributed by atoms with E-state index in [1.54, 1.807) is 4.68 Å². The van der Waals surface area contributed by atoms with Crippen LogP contribution in [0.4, 0.5) is 5.69 Å². The van der Waals surface area contributed by atoms with Gasteiger partial charge in [0.1, 0.15) is 6.33 Å². The maximum atomic E-state index is 12.2. The van der Waals surface area contributed by atoms with E-state index >= 15 is 0 Å². The number of benzene rings is 2. The van der Waals surface area contributed by atoms with Gasteiger partial charge < -0.3 is 10.3 Å². The second kappa shape index (κ2) is 7.18. The van der Waals surface area contributed by atoms with Crippen LogP contribution in [0.1, 0.15) is 18.4 Å². The molecule has 0 fully saturated rings. The lowest BCUT2D eigenvalue weighted by Gasteiger charge is -2.07. The Morgan fingerprint density at radius 2 is 2.08 bits per heavy atom. The average Bonchev–Trinajstić information content (AvgIpc) is 3.32. The number of aromatic amines is 1. The van der Waals surface area contributed by atoms with E-state index < -0.39 is 0 Å². The molecule has 0 aliphatic carbocycles. The minimum absolute atomic E-state index is 0.00120. The molecule has 0 saturated carbocycles. The summed E-state index contributed by atoms with van der Waals surface area (Å²) in [6.07, 6.45) is 5.66. The maximum Gasteiger partial charge on any atom is 0.224 e.